The number of fused-ring (bicyclic) bond motifs is 11. The Balaban J connectivity index is 1.28. The zero-order valence-electron chi connectivity index (χ0n) is 31.5. The maximum absolute atomic E-state index is 9.90. The van der Waals surface area contributed by atoms with Gasteiger partial charge in [0.2, 0.25) is 0 Å². The van der Waals surface area contributed by atoms with E-state index in [0.29, 0.717) is 11.1 Å². The number of nitriles is 2. The lowest BCUT2D eigenvalue weighted by molar-refractivity contribution is 0.669. The molecule has 0 unspecified atom stereocenters. The first kappa shape index (κ1) is 31.9. The van der Waals surface area contributed by atoms with Crippen LogP contribution in [0.2, 0.25) is 0 Å². The van der Waals surface area contributed by atoms with Crippen molar-refractivity contribution >= 4 is 97.3 Å². The van der Waals surface area contributed by atoms with Crippen LogP contribution in [0.25, 0.3) is 131 Å². The second kappa shape index (κ2) is 11.7. The summed E-state index contributed by atoms with van der Waals surface area (Å²) in [5.41, 5.74) is 9.73. The molecule has 0 spiro atoms. The molecule has 0 radical (unpaired) electrons. The molecule has 268 valence electrons. The Hall–Kier alpha value is -8.24. The molecule has 1 heterocycles. The summed E-state index contributed by atoms with van der Waals surface area (Å²) in [5, 5.41) is 38.9. The molecular weight excluding hydrogens is 717 g/mol. The highest BCUT2D eigenvalue weighted by atomic mass is 16.3. The van der Waals surface area contributed by atoms with Crippen LogP contribution in [0, 0.1) is 22.7 Å². The summed E-state index contributed by atoms with van der Waals surface area (Å²) in [4.78, 5) is 0. The normalized spacial score (nSPS) is 12.0. The minimum atomic E-state index is 0.627. The summed E-state index contributed by atoms with van der Waals surface area (Å²) in [7, 11) is 0. The van der Waals surface area contributed by atoms with Gasteiger partial charge in [-0.15, -0.1) is 0 Å². The van der Waals surface area contributed by atoms with Crippen molar-refractivity contribution in [3.63, 3.8) is 0 Å². The van der Waals surface area contributed by atoms with E-state index >= 15 is 0 Å². The van der Waals surface area contributed by atoms with Gasteiger partial charge in [-0.05, 0) is 151 Å². The van der Waals surface area contributed by atoms with E-state index in [4.69, 9.17) is 4.42 Å². The van der Waals surface area contributed by atoms with Crippen molar-refractivity contribution in [3.8, 4) is 45.5 Å². The average molecular weight is 745 g/mol. The van der Waals surface area contributed by atoms with E-state index in [1.807, 2.05) is 36.4 Å². The zero-order chi connectivity index (χ0) is 38.9. The molecule has 12 aromatic carbocycles. The molecule has 59 heavy (non-hydrogen) atoms. The lowest BCUT2D eigenvalue weighted by Gasteiger charge is -2.19. The van der Waals surface area contributed by atoms with Crippen LogP contribution in [0.4, 0.5) is 0 Å². The van der Waals surface area contributed by atoms with Gasteiger partial charge in [0.25, 0.3) is 0 Å². The van der Waals surface area contributed by atoms with Crippen LogP contribution in [-0.2, 0) is 0 Å². The third kappa shape index (κ3) is 4.18. The van der Waals surface area contributed by atoms with E-state index in [2.05, 4.69) is 146 Å². The predicted octanol–water partition coefficient (Wildman–Crippen LogP) is 15.3. The molecule has 0 aliphatic heterocycles. The summed E-state index contributed by atoms with van der Waals surface area (Å²) in [6.45, 7) is 0. The molecule has 0 N–H and O–H groups in total. The van der Waals surface area contributed by atoms with Gasteiger partial charge in [0.05, 0.1) is 23.3 Å². The van der Waals surface area contributed by atoms with Crippen LogP contribution < -0.4 is 0 Å². The third-order valence-electron chi connectivity index (χ3n) is 12.8. The Labute approximate surface area is 337 Å². The molecular formula is C56H28N2O. The second-order valence-electron chi connectivity index (χ2n) is 15.7. The Bertz CT molecular complexity index is 4010. The van der Waals surface area contributed by atoms with Crippen molar-refractivity contribution in [2.75, 3.05) is 0 Å². The van der Waals surface area contributed by atoms with Crippen LogP contribution in [0.5, 0.6) is 0 Å². The Morgan fingerprint density at radius 1 is 0.305 bits per heavy atom. The first-order valence-corrected chi connectivity index (χ1v) is 19.9. The lowest BCUT2D eigenvalue weighted by Crippen LogP contribution is -1.92. The molecule has 0 fully saturated rings. The number of furan rings is 1. The van der Waals surface area contributed by atoms with Gasteiger partial charge in [-0.1, -0.05) is 127 Å². The van der Waals surface area contributed by atoms with Gasteiger partial charge in [-0.2, -0.15) is 10.5 Å². The van der Waals surface area contributed by atoms with E-state index < -0.39 is 0 Å². The van der Waals surface area contributed by atoms with Crippen LogP contribution >= 0.6 is 0 Å². The highest BCUT2D eigenvalue weighted by molar-refractivity contribution is 6.45. The highest BCUT2D eigenvalue weighted by Crippen LogP contribution is 2.55. The molecule has 3 nitrogen and oxygen atoms in total. The van der Waals surface area contributed by atoms with Crippen LogP contribution in [0.3, 0.4) is 0 Å². The van der Waals surface area contributed by atoms with Gasteiger partial charge in [0.15, 0.2) is 0 Å². The van der Waals surface area contributed by atoms with Gasteiger partial charge in [-0.3, -0.25) is 0 Å². The Morgan fingerprint density at radius 3 is 1.56 bits per heavy atom. The topological polar surface area (TPSA) is 60.7 Å². The van der Waals surface area contributed by atoms with Crippen LogP contribution in [0.15, 0.2) is 174 Å². The van der Waals surface area contributed by atoms with Gasteiger partial charge < -0.3 is 4.42 Å². The van der Waals surface area contributed by atoms with Crippen molar-refractivity contribution in [1.82, 2.24) is 0 Å². The summed E-state index contributed by atoms with van der Waals surface area (Å²) in [6, 6.07) is 64.8. The van der Waals surface area contributed by atoms with Crippen LogP contribution in [-0.4, -0.2) is 0 Å². The zero-order valence-corrected chi connectivity index (χ0v) is 31.5. The lowest BCUT2D eigenvalue weighted by atomic mass is 9.83. The molecule has 13 aromatic rings. The largest absolute Gasteiger partial charge is 0.456 e. The first-order chi connectivity index (χ1) is 29.2. The van der Waals surface area contributed by atoms with E-state index in [-0.39, 0.29) is 0 Å². The van der Waals surface area contributed by atoms with Gasteiger partial charge in [-0.25, -0.2) is 0 Å². The van der Waals surface area contributed by atoms with E-state index in [1.165, 1.54) is 70.0 Å². The molecule has 0 amide bonds. The maximum atomic E-state index is 9.90. The molecule has 13 rings (SSSR count). The summed E-state index contributed by atoms with van der Waals surface area (Å²) < 4.78 is 6.38. The number of rotatable bonds is 3. The SMILES string of the molecule is N#Cc1ccc(-c2c3cc4c5ccccc5c5cccc(c3c(-c3ccc(C#N)cc3)c3c6ccc(-c7cccc8oc9ccccc9c78)c7cccc(c23)c76)c54)cc1. The standard InChI is InChI=1S/C56H28N2O/c57-29-31-18-22-33(23-19-31)49-46-28-45-36-9-2-1-8-35(36)38-11-5-14-42(52(38)45)54(46)50(34-24-20-32(30-58)21-25-34)56-44-27-26-37(39-12-6-15-43(51(39)44)55(49)56)40-13-7-17-48-53(40)41-10-3-4-16-47(41)59-48/h1-28H. The fourth-order valence-electron chi connectivity index (χ4n) is 10.5. The summed E-state index contributed by atoms with van der Waals surface area (Å²) in [6.07, 6.45) is 0. The quantitative estimate of drug-likeness (QED) is 0.169. The molecule has 0 saturated carbocycles. The van der Waals surface area contributed by atoms with Gasteiger partial charge in [0.1, 0.15) is 11.2 Å². The number of nitrogens with zero attached hydrogens (tertiary/aromatic N) is 2. The third-order valence-corrected chi connectivity index (χ3v) is 12.8. The minimum Gasteiger partial charge on any atom is -0.456 e. The molecule has 3 heteroatoms. The number of para-hydroxylation sites is 1. The first-order valence-electron chi connectivity index (χ1n) is 19.9. The second-order valence-corrected chi connectivity index (χ2v) is 15.7. The fourth-order valence-corrected chi connectivity index (χ4v) is 10.5. The van der Waals surface area contributed by atoms with Crippen molar-refractivity contribution in [3.05, 3.63) is 181 Å². The van der Waals surface area contributed by atoms with Crippen molar-refractivity contribution in [1.29, 1.82) is 10.5 Å². The molecule has 0 bridgehead atoms. The monoisotopic (exact) mass is 744 g/mol. The minimum absolute atomic E-state index is 0.627. The van der Waals surface area contributed by atoms with Crippen LogP contribution in [0.1, 0.15) is 11.1 Å². The average Bonchev–Trinajstić information content (AvgIpc) is 3.95. The number of hydrogen-bond acceptors (Lipinski definition) is 3. The van der Waals surface area contributed by atoms with Crippen molar-refractivity contribution in [2.45, 2.75) is 0 Å². The predicted molar refractivity (Wildman–Crippen MR) is 244 cm³/mol. The molecule has 0 aliphatic carbocycles. The van der Waals surface area contributed by atoms with Gasteiger partial charge >= 0.3 is 0 Å². The van der Waals surface area contributed by atoms with E-state index in [0.717, 1.165) is 60.7 Å². The number of hydrogen-bond donors (Lipinski definition) is 0. The molecule has 0 atom stereocenters. The number of benzene rings is 10. The maximum Gasteiger partial charge on any atom is 0.136 e. The van der Waals surface area contributed by atoms with Gasteiger partial charge in [0, 0.05) is 10.8 Å². The summed E-state index contributed by atoms with van der Waals surface area (Å²) >= 11 is 0. The smallest absolute Gasteiger partial charge is 0.136 e. The summed E-state index contributed by atoms with van der Waals surface area (Å²) in [5.74, 6) is 0. The fraction of sp³-hybridized carbons (Fsp3) is 0. The molecule has 0 saturated heterocycles. The Morgan fingerprint density at radius 2 is 0.831 bits per heavy atom. The van der Waals surface area contributed by atoms with Crippen molar-refractivity contribution in [2.24, 2.45) is 0 Å². The Kier molecular flexibility index (Phi) is 6.30. The van der Waals surface area contributed by atoms with Crippen molar-refractivity contribution < 1.29 is 4.42 Å². The molecule has 1 aromatic heterocycles. The van der Waals surface area contributed by atoms with E-state index in [9.17, 15) is 10.5 Å². The van der Waals surface area contributed by atoms with E-state index in [1.54, 1.807) is 0 Å². The highest BCUT2D eigenvalue weighted by Gasteiger charge is 2.27. The molecule has 0 aliphatic rings.